The molecular formula is C22H25N7O2. The summed E-state index contributed by atoms with van der Waals surface area (Å²) in [6.45, 7) is 1.31. The van der Waals surface area contributed by atoms with Gasteiger partial charge in [0.1, 0.15) is 5.52 Å². The summed E-state index contributed by atoms with van der Waals surface area (Å²) in [7, 11) is 1.70. The van der Waals surface area contributed by atoms with Crippen LogP contribution in [0.4, 0.5) is 5.95 Å². The van der Waals surface area contributed by atoms with E-state index in [1.165, 1.54) is 0 Å². The largest absolute Gasteiger partial charge is 0.382 e. The number of fused-ring (bicyclic) bond motifs is 2. The summed E-state index contributed by atoms with van der Waals surface area (Å²) < 4.78 is 12.8. The monoisotopic (exact) mass is 419 g/mol. The number of methoxy groups -OCH3 is 1. The van der Waals surface area contributed by atoms with Crippen LogP contribution in [0, 0.1) is 0 Å². The summed E-state index contributed by atoms with van der Waals surface area (Å²) in [5.41, 5.74) is 4.30. The van der Waals surface area contributed by atoms with E-state index in [9.17, 15) is 0 Å². The second kappa shape index (κ2) is 8.91. The minimum Gasteiger partial charge on any atom is -0.382 e. The highest BCUT2D eigenvalue weighted by Gasteiger charge is 2.22. The van der Waals surface area contributed by atoms with E-state index in [-0.39, 0.29) is 0 Å². The van der Waals surface area contributed by atoms with Gasteiger partial charge in [0.15, 0.2) is 5.65 Å². The molecule has 1 aliphatic carbocycles. The van der Waals surface area contributed by atoms with Crippen molar-refractivity contribution in [3.8, 4) is 11.1 Å². The van der Waals surface area contributed by atoms with Crippen LogP contribution < -0.4 is 5.32 Å². The lowest BCUT2D eigenvalue weighted by Gasteiger charge is -2.29. The first-order chi connectivity index (χ1) is 15.3. The third-order valence-electron chi connectivity index (χ3n) is 5.70. The van der Waals surface area contributed by atoms with Gasteiger partial charge in [-0.3, -0.25) is 4.98 Å². The topological polar surface area (TPSA) is 99.3 Å². The first-order valence-corrected chi connectivity index (χ1v) is 10.6. The molecule has 4 aromatic rings. The molecule has 9 nitrogen and oxygen atoms in total. The lowest BCUT2D eigenvalue weighted by molar-refractivity contribution is -0.00158. The van der Waals surface area contributed by atoms with Crippen molar-refractivity contribution in [3.05, 3.63) is 43.1 Å². The van der Waals surface area contributed by atoms with Crippen molar-refractivity contribution in [1.29, 1.82) is 0 Å². The predicted octanol–water partition coefficient (Wildman–Crippen LogP) is 3.12. The van der Waals surface area contributed by atoms with Crippen LogP contribution in [-0.2, 0) is 9.47 Å². The Balaban J connectivity index is 1.27. The molecule has 1 fully saturated rings. The van der Waals surface area contributed by atoms with E-state index >= 15 is 0 Å². The van der Waals surface area contributed by atoms with E-state index in [1.54, 1.807) is 19.5 Å². The minimum atomic E-state index is 0.323. The van der Waals surface area contributed by atoms with Gasteiger partial charge in [0.25, 0.3) is 0 Å². The van der Waals surface area contributed by atoms with Crippen molar-refractivity contribution < 1.29 is 9.47 Å². The van der Waals surface area contributed by atoms with Crippen LogP contribution in [0.3, 0.4) is 0 Å². The maximum absolute atomic E-state index is 5.85. The molecule has 0 aromatic carbocycles. The summed E-state index contributed by atoms with van der Waals surface area (Å²) in [5.74, 6) is 0.640. The minimum absolute atomic E-state index is 0.323. The molecule has 4 heterocycles. The molecule has 31 heavy (non-hydrogen) atoms. The third kappa shape index (κ3) is 4.33. The molecule has 0 bridgehead atoms. The zero-order chi connectivity index (χ0) is 21.0. The Bertz CT molecular complexity index is 1170. The van der Waals surface area contributed by atoms with E-state index in [1.807, 2.05) is 35.2 Å². The number of pyridine rings is 1. The number of nitrogens with one attached hydrogen (secondary N) is 1. The van der Waals surface area contributed by atoms with Crippen LogP contribution in [0.15, 0.2) is 43.1 Å². The summed E-state index contributed by atoms with van der Waals surface area (Å²) in [6, 6.07) is 4.37. The molecular weight excluding hydrogens is 394 g/mol. The van der Waals surface area contributed by atoms with Crippen molar-refractivity contribution in [1.82, 2.24) is 29.5 Å². The van der Waals surface area contributed by atoms with Crippen LogP contribution >= 0.6 is 0 Å². The SMILES string of the molecule is COCCOC1CCC(Nc2ncc3c(-c4cnc5nccnc5c4)ccn3n2)CC1. The second-order valence-corrected chi connectivity index (χ2v) is 7.75. The van der Waals surface area contributed by atoms with E-state index in [2.05, 4.69) is 30.4 Å². The summed E-state index contributed by atoms with van der Waals surface area (Å²) in [5, 5.41) is 8.14. The van der Waals surface area contributed by atoms with Crippen LogP contribution in [0.2, 0.25) is 0 Å². The third-order valence-corrected chi connectivity index (χ3v) is 5.70. The Kier molecular flexibility index (Phi) is 5.68. The molecule has 9 heteroatoms. The standard InChI is InChI=1S/C22H25N7O2/c1-30-10-11-31-17-4-2-16(3-5-17)27-22-26-14-20-18(6-9-29(20)28-22)15-12-19-21(25-13-15)24-8-7-23-19/h6-9,12-14,16-17H,2-5,10-11H2,1H3,(H,27,28). The van der Waals surface area contributed by atoms with Crippen LogP contribution in [0.25, 0.3) is 27.8 Å². The van der Waals surface area contributed by atoms with E-state index in [0.717, 1.165) is 47.8 Å². The van der Waals surface area contributed by atoms with Gasteiger partial charge >= 0.3 is 0 Å². The average Bonchev–Trinajstić information content (AvgIpc) is 3.23. The van der Waals surface area contributed by atoms with Gasteiger partial charge in [-0.05, 0) is 37.8 Å². The smallest absolute Gasteiger partial charge is 0.241 e. The Morgan fingerprint density at radius 1 is 1.03 bits per heavy atom. The Morgan fingerprint density at radius 2 is 1.90 bits per heavy atom. The van der Waals surface area contributed by atoms with Gasteiger partial charge in [-0.1, -0.05) is 0 Å². The van der Waals surface area contributed by atoms with E-state index in [0.29, 0.717) is 37.0 Å². The lowest BCUT2D eigenvalue weighted by Crippen LogP contribution is -2.31. The fourth-order valence-corrected chi connectivity index (χ4v) is 4.07. The molecule has 0 saturated heterocycles. The van der Waals surface area contributed by atoms with Gasteiger partial charge in [-0.25, -0.2) is 19.5 Å². The lowest BCUT2D eigenvalue weighted by atomic mass is 9.93. The number of rotatable bonds is 7. The quantitative estimate of drug-likeness (QED) is 0.456. The van der Waals surface area contributed by atoms with Gasteiger partial charge in [0, 0.05) is 49.1 Å². The molecule has 5 rings (SSSR count). The molecule has 160 valence electrons. The van der Waals surface area contributed by atoms with Crippen molar-refractivity contribution in [2.24, 2.45) is 0 Å². The van der Waals surface area contributed by atoms with E-state index < -0.39 is 0 Å². The number of hydrogen-bond acceptors (Lipinski definition) is 8. The fourth-order valence-electron chi connectivity index (χ4n) is 4.07. The van der Waals surface area contributed by atoms with Gasteiger partial charge in [0.2, 0.25) is 5.95 Å². The molecule has 0 unspecified atom stereocenters. The molecule has 0 spiro atoms. The highest BCUT2D eigenvalue weighted by atomic mass is 16.5. The van der Waals surface area contributed by atoms with Gasteiger partial charge in [0.05, 0.1) is 31.0 Å². The summed E-state index contributed by atoms with van der Waals surface area (Å²) in [6.07, 6.45) is 13.4. The van der Waals surface area contributed by atoms with E-state index in [4.69, 9.17) is 9.47 Å². The number of aromatic nitrogens is 6. The van der Waals surface area contributed by atoms with Crippen molar-refractivity contribution in [2.75, 3.05) is 25.6 Å². The zero-order valence-corrected chi connectivity index (χ0v) is 17.4. The van der Waals surface area contributed by atoms with Crippen LogP contribution in [-0.4, -0.2) is 62.0 Å². The second-order valence-electron chi connectivity index (χ2n) is 7.75. The Labute approximate surface area is 179 Å². The van der Waals surface area contributed by atoms with Crippen LogP contribution in [0.1, 0.15) is 25.7 Å². The first-order valence-electron chi connectivity index (χ1n) is 10.6. The van der Waals surface area contributed by atoms with Gasteiger partial charge in [-0.2, -0.15) is 0 Å². The van der Waals surface area contributed by atoms with Crippen molar-refractivity contribution in [3.63, 3.8) is 0 Å². The number of ether oxygens (including phenoxy) is 2. The maximum Gasteiger partial charge on any atom is 0.241 e. The van der Waals surface area contributed by atoms with Gasteiger partial charge < -0.3 is 14.8 Å². The normalized spacial score (nSPS) is 19.1. The first kappa shape index (κ1) is 19.8. The average molecular weight is 419 g/mol. The van der Waals surface area contributed by atoms with Gasteiger partial charge in [-0.15, -0.1) is 5.10 Å². The van der Waals surface area contributed by atoms with Crippen molar-refractivity contribution >= 4 is 22.6 Å². The molecule has 4 aromatic heterocycles. The Morgan fingerprint density at radius 3 is 2.77 bits per heavy atom. The Hall–Kier alpha value is -3.17. The molecule has 0 atom stereocenters. The molecule has 0 aliphatic heterocycles. The number of anilines is 1. The summed E-state index contributed by atoms with van der Waals surface area (Å²) >= 11 is 0. The molecule has 0 amide bonds. The highest BCUT2D eigenvalue weighted by molar-refractivity contribution is 5.84. The molecule has 1 saturated carbocycles. The highest BCUT2D eigenvalue weighted by Crippen LogP contribution is 2.27. The molecule has 1 N–H and O–H groups in total. The fraction of sp³-hybridized carbons (Fsp3) is 0.409. The molecule has 0 radical (unpaired) electrons. The zero-order valence-electron chi connectivity index (χ0n) is 17.4. The van der Waals surface area contributed by atoms with Crippen LogP contribution in [0.5, 0.6) is 0 Å². The predicted molar refractivity (Wildman–Crippen MR) is 117 cm³/mol. The number of nitrogens with zero attached hydrogens (tertiary/aromatic N) is 6. The molecule has 1 aliphatic rings. The number of hydrogen-bond donors (Lipinski definition) is 1. The summed E-state index contributed by atoms with van der Waals surface area (Å²) in [4.78, 5) is 17.6. The maximum atomic E-state index is 5.85. The van der Waals surface area contributed by atoms with Crippen molar-refractivity contribution in [2.45, 2.75) is 37.8 Å².